The van der Waals surface area contributed by atoms with Gasteiger partial charge in [0.15, 0.2) is 0 Å². The molecule has 0 bridgehead atoms. The first-order valence-corrected chi connectivity index (χ1v) is 7.36. The van der Waals surface area contributed by atoms with Crippen molar-refractivity contribution in [1.29, 1.82) is 0 Å². The summed E-state index contributed by atoms with van der Waals surface area (Å²) in [6.07, 6.45) is 1.32. The number of aldehydes is 1. The zero-order valence-corrected chi connectivity index (χ0v) is 13.1. The maximum absolute atomic E-state index is 14.2. The summed E-state index contributed by atoms with van der Waals surface area (Å²) in [7, 11) is 1.54. The first-order valence-electron chi connectivity index (χ1n) is 7.36. The van der Waals surface area contributed by atoms with Crippen LogP contribution in [-0.4, -0.2) is 29.3 Å². The summed E-state index contributed by atoms with van der Waals surface area (Å²) in [5.74, 6) is -1.15. The number of nitrogens with zero attached hydrogens (tertiary/aromatic N) is 1. The molecule has 0 aliphatic heterocycles. The Kier molecular flexibility index (Phi) is 5.39. The summed E-state index contributed by atoms with van der Waals surface area (Å²) in [6.45, 7) is 1.48. The molecule has 2 aromatic rings. The molecule has 1 heterocycles. The third kappa shape index (κ3) is 3.71. The summed E-state index contributed by atoms with van der Waals surface area (Å²) in [5.41, 5.74) is 2.11. The average Bonchev–Trinajstić information content (AvgIpc) is 2.55. The van der Waals surface area contributed by atoms with Gasteiger partial charge in [-0.15, -0.1) is 0 Å². The minimum atomic E-state index is -0.513. The number of benzene rings is 1. The first kappa shape index (κ1) is 17.0. The van der Waals surface area contributed by atoms with Crippen molar-refractivity contribution in [3.63, 3.8) is 0 Å². The number of nitrogens with one attached hydrogen (secondary N) is 1. The smallest absolute Gasteiger partial charge is 0.219 e. The molecule has 2 rings (SSSR count). The van der Waals surface area contributed by atoms with Gasteiger partial charge in [0.1, 0.15) is 12.1 Å². The highest BCUT2D eigenvalue weighted by atomic mass is 19.1. The molecule has 1 aromatic carbocycles. The Balaban J connectivity index is 2.43. The number of carbonyl (C=O) groups is 2. The van der Waals surface area contributed by atoms with Gasteiger partial charge in [-0.3, -0.25) is 9.78 Å². The number of hydrogen-bond acceptors (Lipinski definition) is 4. The summed E-state index contributed by atoms with van der Waals surface area (Å²) in [4.78, 5) is 27.1. The van der Waals surface area contributed by atoms with Crippen molar-refractivity contribution in [1.82, 2.24) is 10.3 Å². The van der Waals surface area contributed by atoms with Crippen LogP contribution in [0.2, 0.25) is 0 Å². The maximum atomic E-state index is 14.2. The van der Waals surface area contributed by atoms with E-state index in [0.29, 0.717) is 34.1 Å². The molecule has 5 nitrogen and oxygen atoms in total. The minimum Gasteiger partial charge on any atom is -0.392 e. The van der Waals surface area contributed by atoms with Crippen molar-refractivity contribution >= 4 is 23.1 Å². The molecule has 6 heteroatoms. The zero-order valence-electron chi connectivity index (χ0n) is 13.1. The molecule has 2 N–H and O–H groups in total. The number of aliphatic hydroxyl groups excluding tert-OH is 1. The van der Waals surface area contributed by atoms with E-state index in [1.807, 2.05) is 0 Å². The van der Waals surface area contributed by atoms with Crippen LogP contribution >= 0.6 is 0 Å². The number of hydrogen-bond donors (Lipinski definition) is 2. The lowest BCUT2D eigenvalue weighted by Gasteiger charge is -2.14. The molecule has 0 spiro atoms. The molecule has 0 radical (unpaired) electrons. The summed E-state index contributed by atoms with van der Waals surface area (Å²) in [5, 5.41) is 11.9. The van der Waals surface area contributed by atoms with Crippen molar-refractivity contribution in [2.75, 3.05) is 7.05 Å². The molecule has 0 aliphatic carbocycles. The highest BCUT2D eigenvalue weighted by Gasteiger charge is 2.17. The monoisotopic (exact) mass is 318 g/mol. The van der Waals surface area contributed by atoms with Crippen LogP contribution in [0.25, 0.3) is 10.9 Å². The standard InChI is InChI=1S/C17H19FN2O3/c1-10-13(12(9-22)3-4-17(23)19-2)7-14-15(18)5-11(8-21)6-16(14)20-10/h5-7,9,12,21H,3-4,8H2,1-2H3,(H,19,23). The van der Waals surface area contributed by atoms with Crippen LogP contribution in [0.3, 0.4) is 0 Å². The van der Waals surface area contributed by atoms with Crippen molar-refractivity contribution in [2.45, 2.75) is 32.3 Å². The van der Waals surface area contributed by atoms with Gasteiger partial charge in [-0.25, -0.2) is 4.39 Å². The zero-order chi connectivity index (χ0) is 17.0. The van der Waals surface area contributed by atoms with E-state index in [9.17, 15) is 14.0 Å². The van der Waals surface area contributed by atoms with Gasteiger partial charge in [-0.1, -0.05) is 0 Å². The van der Waals surface area contributed by atoms with Crippen LogP contribution in [0.15, 0.2) is 18.2 Å². The number of aryl methyl sites for hydroxylation is 1. The van der Waals surface area contributed by atoms with Gasteiger partial charge >= 0.3 is 0 Å². The highest BCUT2D eigenvalue weighted by molar-refractivity contribution is 5.82. The number of rotatable bonds is 6. The van der Waals surface area contributed by atoms with E-state index in [1.54, 1.807) is 19.1 Å². The van der Waals surface area contributed by atoms with Gasteiger partial charge in [0.2, 0.25) is 5.91 Å². The fraction of sp³-hybridized carbons (Fsp3) is 0.353. The third-order valence-electron chi connectivity index (χ3n) is 3.88. The Hall–Kier alpha value is -2.34. The van der Waals surface area contributed by atoms with E-state index >= 15 is 0 Å². The van der Waals surface area contributed by atoms with E-state index in [0.717, 1.165) is 6.29 Å². The summed E-state index contributed by atoms with van der Waals surface area (Å²) < 4.78 is 14.2. The molecule has 23 heavy (non-hydrogen) atoms. The Labute approximate surface area is 133 Å². The highest BCUT2D eigenvalue weighted by Crippen LogP contribution is 2.27. The van der Waals surface area contributed by atoms with Gasteiger partial charge in [0.05, 0.1) is 12.1 Å². The lowest BCUT2D eigenvalue weighted by Crippen LogP contribution is -2.18. The van der Waals surface area contributed by atoms with Crippen molar-refractivity contribution in [3.8, 4) is 0 Å². The molecule has 1 aromatic heterocycles. The van der Waals surface area contributed by atoms with Crippen LogP contribution in [0, 0.1) is 12.7 Å². The molecule has 0 saturated carbocycles. The number of carbonyl (C=O) groups excluding carboxylic acids is 2. The van der Waals surface area contributed by atoms with Gasteiger partial charge in [0.25, 0.3) is 0 Å². The van der Waals surface area contributed by atoms with Gasteiger partial charge in [-0.2, -0.15) is 0 Å². The van der Waals surface area contributed by atoms with E-state index in [4.69, 9.17) is 5.11 Å². The van der Waals surface area contributed by atoms with E-state index in [1.165, 1.54) is 13.1 Å². The maximum Gasteiger partial charge on any atom is 0.219 e. The van der Waals surface area contributed by atoms with E-state index in [2.05, 4.69) is 10.3 Å². The van der Waals surface area contributed by atoms with E-state index < -0.39 is 11.7 Å². The minimum absolute atomic E-state index is 0.151. The van der Waals surface area contributed by atoms with Crippen LogP contribution in [-0.2, 0) is 16.2 Å². The fourth-order valence-corrected chi connectivity index (χ4v) is 2.57. The SMILES string of the molecule is CNC(=O)CCC(C=O)c1cc2c(F)cc(CO)cc2nc1C. The average molecular weight is 318 g/mol. The lowest BCUT2D eigenvalue weighted by atomic mass is 9.93. The first-order chi connectivity index (χ1) is 11.0. The number of fused-ring (bicyclic) bond motifs is 1. The lowest BCUT2D eigenvalue weighted by molar-refractivity contribution is -0.120. The predicted octanol–water partition coefficient (Wildman–Crippen LogP) is 1.98. The molecule has 1 amide bonds. The van der Waals surface area contributed by atoms with Crippen molar-refractivity contribution in [2.24, 2.45) is 0 Å². The number of aromatic nitrogens is 1. The Morgan fingerprint density at radius 3 is 2.78 bits per heavy atom. The van der Waals surface area contributed by atoms with Crippen molar-refractivity contribution < 1.29 is 19.1 Å². The molecule has 0 aliphatic rings. The quantitative estimate of drug-likeness (QED) is 0.798. The normalized spacial score (nSPS) is 12.2. The van der Waals surface area contributed by atoms with Gasteiger partial charge < -0.3 is 15.2 Å². The third-order valence-corrected chi connectivity index (χ3v) is 3.88. The Morgan fingerprint density at radius 1 is 1.43 bits per heavy atom. The molecule has 122 valence electrons. The summed E-state index contributed by atoms with van der Waals surface area (Å²) >= 11 is 0. The molecule has 1 unspecified atom stereocenters. The van der Waals surface area contributed by atoms with Gasteiger partial charge in [0, 0.05) is 30.5 Å². The number of halogens is 1. The molecular formula is C17H19FN2O3. The van der Waals surface area contributed by atoms with Crippen LogP contribution in [0.1, 0.15) is 35.6 Å². The number of amides is 1. The van der Waals surface area contributed by atoms with Gasteiger partial charge in [-0.05, 0) is 42.7 Å². The Morgan fingerprint density at radius 2 is 2.17 bits per heavy atom. The van der Waals surface area contributed by atoms with Crippen LogP contribution in [0.4, 0.5) is 4.39 Å². The molecular weight excluding hydrogens is 299 g/mol. The second-order valence-corrected chi connectivity index (χ2v) is 5.42. The largest absolute Gasteiger partial charge is 0.392 e. The molecule has 0 saturated heterocycles. The fourth-order valence-electron chi connectivity index (χ4n) is 2.57. The second-order valence-electron chi connectivity index (χ2n) is 5.42. The molecule has 1 atom stereocenters. The molecule has 0 fully saturated rings. The predicted molar refractivity (Wildman–Crippen MR) is 84.5 cm³/mol. The second kappa shape index (κ2) is 7.28. The number of pyridine rings is 1. The topological polar surface area (TPSA) is 79.3 Å². The number of aliphatic hydroxyl groups is 1. The van der Waals surface area contributed by atoms with Crippen LogP contribution < -0.4 is 5.32 Å². The Bertz CT molecular complexity index is 746. The van der Waals surface area contributed by atoms with E-state index in [-0.39, 0.29) is 18.9 Å². The van der Waals surface area contributed by atoms with Crippen LogP contribution in [0.5, 0.6) is 0 Å². The van der Waals surface area contributed by atoms with Crippen molar-refractivity contribution in [3.05, 3.63) is 40.8 Å². The summed E-state index contributed by atoms with van der Waals surface area (Å²) in [6, 6.07) is 4.48.